The summed E-state index contributed by atoms with van der Waals surface area (Å²) in [6, 6.07) is 6.39. The Labute approximate surface area is 187 Å². The van der Waals surface area contributed by atoms with Crippen molar-refractivity contribution in [2.45, 2.75) is 19.6 Å². The Morgan fingerprint density at radius 1 is 1.12 bits per heavy atom. The van der Waals surface area contributed by atoms with E-state index in [-0.39, 0.29) is 17.1 Å². The minimum Gasteiger partial charge on any atom is -0.464 e. The fourth-order valence-corrected chi connectivity index (χ4v) is 3.47. The van der Waals surface area contributed by atoms with Crippen molar-refractivity contribution >= 4 is 11.9 Å². The van der Waals surface area contributed by atoms with E-state index in [9.17, 15) is 18.0 Å². The van der Waals surface area contributed by atoms with Gasteiger partial charge < -0.3 is 14.2 Å². The summed E-state index contributed by atoms with van der Waals surface area (Å²) in [5, 5.41) is 3.83. The number of hydrogen-bond acceptors (Lipinski definition) is 9. The Bertz CT molecular complexity index is 1140. The summed E-state index contributed by atoms with van der Waals surface area (Å²) in [7, 11) is 1.30. The first-order valence-corrected chi connectivity index (χ1v) is 10.1. The van der Waals surface area contributed by atoms with E-state index in [1.165, 1.54) is 19.2 Å². The number of aryl methyl sites for hydroxylation is 1. The van der Waals surface area contributed by atoms with Gasteiger partial charge in [0.05, 0.1) is 19.2 Å². The highest BCUT2D eigenvalue weighted by Crippen LogP contribution is 2.31. The van der Waals surface area contributed by atoms with Gasteiger partial charge in [-0.05, 0) is 25.1 Å². The van der Waals surface area contributed by atoms with Gasteiger partial charge in [0, 0.05) is 37.4 Å². The number of aromatic nitrogens is 4. The normalized spacial score (nSPS) is 15.0. The highest BCUT2D eigenvalue weighted by Gasteiger charge is 2.31. The maximum absolute atomic E-state index is 12.9. The number of hydrogen-bond donors (Lipinski definition) is 0. The molecule has 4 rings (SSSR count). The summed E-state index contributed by atoms with van der Waals surface area (Å²) in [6.45, 7) is 4.66. The van der Waals surface area contributed by atoms with Crippen LogP contribution >= 0.6 is 0 Å². The summed E-state index contributed by atoms with van der Waals surface area (Å²) < 4.78 is 48.8. The number of alkyl halides is 3. The molecule has 3 heterocycles. The van der Waals surface area contributed by atoms with E-state index in [0.717, 1.165) is 12.1 Å². The fourth-order valence-electron chi connectivity index (χ4n) is 3.47. The second kappa shape index (κ2) is 9.14. The molecule has 33 heavy (non-hydrogen) atoms. The second-order valence-electron chi connectivity index (χ2n) is 7.54. The van der Waals surface area contributed by atoms with Crippen LogP contribution in [0.5, 0.6) is 0 Å². The van der Waals surface area contributed by atoms with E-state index in [2.05, 4.69) is 25.0 Å². The zero-order valence-electron chi connectivity index (χ0n) is 18.0. The molecular formula is C21H21F3N6O3. The third kappa shape index (κ3) is 5.28. The molecule has 0 bridgehead atoms. The second-order valence-corrected chi connectivity index (χ2v) is 7.54. The lowest BCUT2D eigenvalue weighted by atomic mass is 10.1. The lowest BCUT2D eigenvalue weighted by Crippen LogP contribution is -2.46. The molecule has 2 aromatic heterocycles. The zero-order chi connectivity index (χ0) is 23.6. The van der Waals surface area contributed by atoms with Crippen LogP contribution in [-0.2, 0) is 17.5 Å². The summed E-state index contributed by atoms with van der Waals surface area (Å²) in [5.74, 6) is 0.363. The number of methoxy groups -OCH3 is 1. The summed E-state index contributed by atoms with van der Waals surface area (Å²) in [5.41, 5.74) is 0.338. The molecular weight excluding hydrogens is 441 g/mol. The van der Waals surface area contributed by atoms with Crippen molar-refractivity contribution in [2.24, 2.45) is 0 Å². The number of nitrogens with zero attached hydrogens (tertiary/aromatic N) is 6. The fraction of sp³-hybridized carbons (Fsp3) is 0.381. The van der Waals surface area contributed by atoms with E-state index in [1.54, 1.807) is 13.0 Å². The molecule has 0 spiro atoms. The first-order valence-electron chi connectivity index (χ1n) is 10.1. The number of carbonyl (C=O) groups is 1. The van der Waals surface area contributed by atoms with Crippen molar-refractivity contribution in [2.75, 3.05) is 38.2 Å². The van der Waals surface area contributed by atoms with Gasteiger partial charge in [-0.15, -0.1) is 0 Å². The van der Waals surface area contributed by atoms with Crippen molar-refractivity contribution in [3.63, 3.8) is 0 Å². The number of benzene rings is 1. The summed E-state index contributed by atoms with van der Waals surface area (Å²) in [6.07, 6.45) is -4.44. The smallest absolute Gasteiger partial charge is 0.416 e. The minimum atomic E-state index is -4.44. The summed E-state index contributed by atoms with van der Waals surface area (Å²) in [4.78, 5) is 28.8. The standard InChI is InChI=1S/C21H21F3N6O3/c1-13-10-16(19(31)32-2)26-20(25-13)30-8-6-29(7-9-30)12-17-27-18(28-33-17)14-4-3-5-15(11-14)21(22,23)24/h3-5,10-11H,6-9,12H2,1-2H3. The highest BCUT2D eigenvalue weighted by atomic mass is 19.4. The molecule has 1 aromatic carbocycles. The van der Waals surface area contributed by atoms with Gasteiger partial charge in [0.15, 0.2) is 5.69 Å². The highest BCUT2D eigenvalue weighted by molar-refractivity contribution is 5.87. The molecule has 0 N–H and O–H groups in total. The van der Waals surface area contributed by atoms with Gasteiger partial charge in [0.2, 0.25) is 17.7 Å². The molecule has 1 aliphatic rings. The average molecular weight is 462 g/mol. The molecule has 0 saturated carbocycles. The van der Waals surface area contributed by atoms with Crippen LogP contribution < -0.4 is 4.90 Å². The van der Waals surface area contributed by atoms with Gasteiger partial charge in [-0.2, -0.15) is 18.2 Å². The number of carbonyl (C=O) groups excluding carboxylic acids is 1. The number of esters is 1. The quantitative estimate of drug-likeness (QED) is 0.530. The Morgan fingerprint density at radius 2 is 1.88 bits per heavy atom. The monoisotopic (exact) mass is 462 g/mol. The number of ether oxygens (including phenoxy) is 1. The average Bonchev–Trinajstić information content (AvgIpc) is 3.26. The van der Waals surface area contributed by atoms with Crippen LogP contribution in [0.1, 0.15) is 27.6 Å². The predicted molar refractivity (Wildman–Crippen MR) is 110 cm³/mol. The number of rotatable bonds is 5. The van der Waals surface area contributed by atoms with Crippen LogP contribution in [0, 0.1) is 6.92 Å². The van der Waals surface area contributed by atoms with Gasteiger partial charge in [-0.25, -0.2) is 14.8 Å². The molecule has 1 saturated heterocycles. The molecule has 1 aliphatic heterocycles. The first kappa shape index (κ1) is 22.6. The number of piperazine rings is 1. The molecule has 1 fully saturated rings. The van der Waals surface area contributed by atoms with Crippen molar-refractivity contribution < 1.29 is 27.2 Å². The predicted octanol–water partition coefficient (Wildman–Crippen LogP) is 2.96. The third-order valence-corrected chi connectivity index (χ3v) is 5.17. The lowest BCUT2D eigenvalue weighted by molar-refractivity contribution is -0.137. The number of halogens is 3. The van der Waals surface area contributed by atoms with Gasteiger partial charge in [-0.1, -0.05) is 17.3 Å². The topological polar surface area (TPSA) is 97.5 Å². The van der Waals surface area contributed by atoms with E-state index >= 15 is 0 Å². The van der Waals surface area contributed by atoms with Crippen molar-refractivity contribution in [1.29, 1.82) is 0 Å². The molecule has 12 heteroatoms. The van der Waals surface area contributed by atoms with E-state index < -0.39 is 17.7 Å². The van der Waals surface area contributed by atoms with Crippen LogP contribution in [0.3, 0.4) is 0 Å². The Hall–Kier alpha value is -3.54. The molecule has 0 unspecified atom stereocenters. The van der Waals surface area contributed by atoms with Crippen molar-refractivity contribution in [3.05, 3.63) is 53.2 Å². The molecule has 0 atom stereocenters. The van der Waals surface area contributed by atoms with Crippen molar-refractivity contribution in [1.82, 2.24) is 25.0 Å². The van der Waals surface area contributed by atoms with E-state index in [4.69, 9.17) is 9.26 Å². The van der Waals surface area contributed by atoms with Gasteiger partial charge in [0.1, 0.15) is 0 Å². The van der Waals surface area contributed by atoms with Crippen LogP contribution in [0.25, 0.3) is 11.4 Å². The number of anilines is 1. The Morgan fingerprint density at radius 3 is 2.58 bits per heavy atom. The maximum atomic E-state index is 12.9. The zero-order valence-corrected chi connectivity index (χ0v) is 18.0. The van der Waals surface area contributed by atoms with Crippen LogP contribution in [0.2, 0.25) is 0 Å². The van der Waals surface area contributed by atoms with Crippen LogP contribution in [-0.4, -0.2) is 64.3 Å². The van der Waals surface area contributed by atoms with Gasteiger partial charge in [0.25, 0.3) is 0 Å². The van der Waals surface area contributed by atoms with E-state index in [1.807, 2.05) is 4.90 Å². The van der Waals surface area contributed by atoms with Crippen molar-refractivity contribution in [3.8, 4) is 11.4 Å². The van der Waals surface area contributed by atoms with Gasteiger partial charge >= 0.3 is 12.1 Å². The Kier molecular flexibility index (Phi) is 6.27. The summed E-state index contributed by atoms with van der Waals surface area (Å²) >= 11 is 0. The van der Waals surface area contributed by atoms with Crippen LogP contribution in [0.4, 0.5) is 19.1 Å². The molecule has 9 nitrogen and oxygen atoms in total. The first-order chi connectivity index (χ1) is 15.7. The minimum absolute atomic E-state index is 0.109. The largest absolute Gasteiger partial charge is 0.464 e. The van der Waals surface area contributed by atoms with E-state index in [0.29, 0.717) is 50.3 Å². The molecule has 3 aromatic rings. The third-order valence-electron chi connectivity index (χ3n) is 5.17. The maximum Gasteiger partial charge on any atom is 0.416 e. The van der Waals surface area contributed by atoms with Crippen LogP contribution in [0.15, 0.2) is 34.9 Å². The lowest BCUT2D eigenvalue weighted by Gasteiger charge is -2.34. The van der Waals surface area contributed by atoms with Gasteiger partial charge in [-0.3, -0.25) is 4.90 Å². The Balaban J connectivity index is 1.38. The molecule has 174 valence electrons. The molecule has 0 amide bonds. The SMILES string of the molecule is COC(=O)c1cc(C)nc(N2CCN(Cc3nc(-c4cccc(C(F)(F)F)c4)no3)CC2)n1. The molecule has 0 aliphatic carbocycles. The molecule has 0 radical (unpaired) electrons.